The molecule has 82 valence electrons. The van der Waals surface area contributed by atoms with E-state index in [9.17, 15) is 9.90 Å². The van der Waals surface area contributed by atoms with E-state index < -0.39 is 6.10 Å². The van der Waals surface area contributed by atoms with Crippen molar-refractivity contribution < 1.29 is 9.90 Å². The number of hydrogen-bond acceptors (Lipinski definition) is 3. The Balaban J connectivity index is 3.68. The van der Waals surface area contributed by atoms with Crippen molar-refractivity contribution in [3.63, 3.8) is 0 Å². The van der Waals surface area contributed by atoms with Crippen molar-refractivity contribution in [1.82, 2.24) is 10.2 Å². The third kappa shape index (κ3) is 5.72. The highest BCUT2D eigenvalue weighted by molar-refractivity contribution is 5.86. The van der Waals surface area contributed by atoms with Crippen LogP contribution in [0.15, 0.2) is 12.7 Å². The van der Waals surface area contributed by atoms with Crippen molar-refractivity contribution in [3.05, 3.63) is 12.7 Å². The van der Waals surface area contributed by atoms with Gasteiger partial charge in [0.2, 0.25) is 5.91 Å². The van der Waals surface area contributed by atoms with Crippen molar-refractivity contribution in [3.8, 4) is 0 Å². The molecular formula is C10H20N2O2. The first-order chi connectivity index (χ1) is 6.63. The smallest absolute Gasteiger partial charge is 0.243 e. The summed E-state index contributed by atoms with van der Waals surface area (Å²) in [5, 5.41) is 12.1. The molecule has 0 fully saturated rings. The molecule has 0 unspecified atom stereocenters. The summed E-state index contributed by atoms with van der Waals surface area (Å²) in [7, 11) is 0. The normalized spacial score (nSPS) is 12.6. The number of carbonyl (C=O) groups excluding carboxylic acids is 1. The van der Waals surface area contributed by atoms with Gasteiger partial charge in [0.05, 0.1) is 6.10 Å². The Morgan fingerprint density at radius 3 is 2.57 bits per heavy atom. The van der Waals surface area contributed by atoms with Crippen molar-refractivity contribution >= 4 is 5.91 Å². The summed E-state index contributed by atoms with van der Waals surface area (Å²) in [5.41, 5.74) is 0. The lowest BCUT2D eigenvalue weighted by atomic mass is 10.3. The van der Waals surface area contributed by atoms with E-state index in [1.165, 1.54) is 6.08 Å². The lowest BCUT2D eigenvalue weighted by Gasteiger charge is -2.21. The molecule has 0 rings (SSSR count). The molecule has 4 nitrogen and oxygen atoms in total. The van der Waals surface area contributed by atoms with Crippen LogP contribution in [0.3, 0.4) is 0 Å². The summed E-state index contributed by atoms with van der Waals surface area (Å²) in [4.78, 5) is 12.9. The van der Waals surface area contributed by atoms with Gasteiger partial charge in [-0.3, -0.25) is 4.79 Å². The van der Waals surface area contributed by atoms with E-state index >= 15 is 0 Å². The quantitative estimate of drug-likeness (QED) is 0.568. The molecule has 0 heterocycles. The van der Waals surface area contributed by atoms with Gasteiger partial charge in [0.15, 0.2) is 0 Å². The van der Waals surface area contributed by atoms with Crippen LogP contribution in [0.25, 0.3) is 0 Å². The Bertz CT molecular complexity index is 179. The molecule has 0 aliphatic rings. The van der Waals surface area contributed by atoms with Crippen LogP contribution in [0, 0.1) is 0 Å². The van der Waals surface area contributed by atoms with E-state index in [4.69, 9.17) is 0 Å². The van der Waals surface area contributed by atoms with Gasteiger partial charge in [0.25, 0.3) is 0 Å². The van der Waals surface area contributed by atoms with Crippen molar-refractivity contribution in [2.24, 2.45) is 0 Å². The second-order valence-electron chi connectivity index (χ2n) is 3.09. The Morgan fingerprint density at radius 1 is 1.57 bits per heavy atom. The Labute approximate surface area is 85.6 Å². The van der Waals surface area contributed by atoms with Crippen molar-refractivity contribution in [1.29, 1.82) is 0 Å². The minimum absolute atomic E-state index is 0.247. The molecule has 1 amide bonds. The lowest BCUT2D eigenvalue weighted by Crippen LogP contribution is -2.39. The summed E-state index contributed by atoms with van der Waals surface area (Å²) in [6.45, 7) is 10.1. The molecule has 14 heavy (non-hydrogen) atoms. The fourth-order valence-corrected chi connectivity index (χ4v) is 1.13. The lowest BCUT2D eigenvalue weighted by molar-refractivity contribution is -0.117. The number of carbonyl (C=O) groups is 1. The first-order valence-electron chi connectivity index (χ1n) is 4.94. The van der Waals surface area contributed by atoms with E-state index in [-0.39, 0.29) is 12.5 Å². The van der Waals surface area contributed by atoms with Crippen LogP contribution in [0.5, 0.6) is 0 Å². The van der Waals surface area contributed by atoms with E-state index in [1.807, 2.05) is 13.8 Å². The average Bonchev–Trinajstić information content (AvgIpc) is 2.22. The largest absolute Gasteiger partial charge is 0.390 e. The fraction of sp³-hybridized carbons (Fsp3) is 0.700. The van der Waals surface area contributed by atoms with Crippen LogP contribution in [-0.2, 0) is 4.79 Å². The molecule has 0 aliphatic carbocycles. The van der Waals surface area contributed by atoms with Gasteiger partial charge in [-0.15, -0.1) is 0 Å². The molecule has 0 saturated heterocycles. The van der Waals surface area contributed by atoms with Crippen molar-refractivity contribution in [2.45, 2.75) is 20.0 Å². The second kappa shape index (κ2) is 7.53. The highest BCUT2D eigenvalue weighted by Crippen LogP contribution is 1.90. The number of nitrogens with one attached hydrogen (secondary N) is 1. The third-order valence-electron chi connectivity index (χ3n) is 2.06. The summed E-state index contributed by atoms with van der Waals surface area (Å²) < 4.78 is 0. The second-order valence-corrected chi connectivity index (χ2v) is 3.09. The van der Waals surface area contributed by atoms with Gasteiger partial charge in [-0.25, -0.2) is 0 Å². The zero-order valence-electron chi connectivity index (χ0n) is 8.99. The van der Waals surface area contributed by atoms with Gasteiger partial charge in [-0.2, -0.15) is 0 Å². The van der Waals surface area contributed by atoms with Crippen LogP contribution in [-0.4, -0.2) is 48.2 Å². The molecule has 2 N–H and O–H groups in total. The van der Waals surface area contributed by atoms with E-state index in [0.29, 0.717) is 6.54 Å². The van der Waals surface area contributed by atoms with E-state index in [1.54, 1.807) is 0 Å². The molecule has 0 saturated carbocycles. The number of hydrogen-bond donors (Lipinski definition) is 2. The Hall–Kier alpha value is -0.870. The Kier molecular flexibility index (Phi) is 7.06. The molecule has 0 spiro atoms. The van der Waals surface area contributed by atoms with Crippen LogP contribution < -0.4 is 5.32 Å². The number of rotatable bonds is 7. The molecule has 4 heteroatoms. The zero-order valence-corrected chi connectivity index (χ0v) is 8.99. The number of aliphatic hydroxyl groups excluding tert-OH is 1. The van der Waals surface area contributed by atoms with Gasteiger partial charge >= 0.3 is 0 Å². The number of likely N-dealkylation sites (N-methyl/N-ethyl adjacent to an activating group) is 1. The molecule has 0 radical (unpaired) electrons. The SMILES string of the molecule is C=CC(=O)NC[C@@H](O)CN(CC)CC. The number of aliphatic hydroxyl groups is 1. The molecule has 0 aromatic heterocycles. The monoisotopic (exact) mass is 200 g/mol. The van der Waals surface area contributed by atoms with Crippen LogP contribution in [0.1, 0.15) is 13.8 Å². The number of amides is 1. The summed E-state index contributed by atoms with van der Waals surface area (Å²) in [6, 6.07) is 0. The molecule has 0 aliphatic heterocycles. The number of nitrogens with zero attached hydrogens (tertiary/aromatic N) is 1. The molecular weight excluding hydrogens is 180 g/mol. The van der Waals surface area contributed by atoms with Gasteiger partial charge in [0.1, 0.15) is 0 Å². The van der Waals surface area contributed by atoms with Gasteiger partial charge in [-0.05, 0) is 19.2 Å². The summed E-state index contributed by atoms with van der Waals surface area (Å²) >= 11 is 0. The van der Waals surface area contributed by atoms with Crippen LogP contribution >= 0.6 is 0 Å². The first-order valence-corrected chi connectivity index (χ1v) is 4.94. The van der Waals surface area contributed by atoms with Gasteiger partial charge in [-0.1, -0.05) is 20.4 Å². The minimum atomic E-state index is -0.515. The molecule has 0 aromatic carbocycles. The predicted molar refractivity (Wildman–Crippen MR) is 57.0 cm³/mol. The minimum Gasteiger partial charge on any atom is -0.390 e. The zero-order chi connectivity index (χ0) is 11.0. The topological polar surface area (TPSA) is 52.6 Å². The van der Waals surface area contributed by atoms with E-state index in [0.717, 1.165) is 13.1 Å². The molecule has 0 aromatic rings. The van der Waals surface area contributed by atoms with Crippen LogP contribution in [0.2, 0.25) is 0 Å². The summed E-state index contributed by atoms with van der Waals surface area (Å²) in [6.07, 6.45) is 0.684. The third-order valence-corrected chi connectivity index (χ3v) is 2.06. The first kappa shape index (κ1) is 13.1. The van der Waals surface area contributed by atoms with E-state index in [2.05, 4.69) is 16.8 Å². The van der Waals surface area contributed by atoms with Crippen molar-refractivity contribution in [2.75, 3.05) is 26.2 Å². The van der Waals surface area contributed by atoms with Crippen LogP contribution in [0.4, 0.5) is 0 Å². The van der Waals surface area contributed by atoms with Gasteiger partial charge < -0.3 is 15.3 Å². The maximum atomic E-state index is 10.8. The highest BCUT2D eigenvalue weighted by atomic mass is 16.3. The average molecular weight is 200 g/mol. The molecule has 0 bridgehead atoms. The maximum absolute atomic E-state index is 10.8. The highest BCUT2D eigenvalue weighted by Gasteiger charge is 2.08. The van der Waals surface area contributed by atoms with Gasteiger partial charge in [0, 0.05) is 13.1 Å². The Morgan fingerprint density at radius 2 is 2.14 bits per heavy atom. The summed E-state index contributed by atoms with van der Waals surface area (Å²) in [5.74, 6) is -0.247. The molecule has 1 atom stereocenters. The predicted octanol–water partition coefficient (Wildman–Crippen LogP) is -0.00870. The standard InChI is InChI=1S/C10H20N2O2/c1-4-10(14)11-7-9(13)8-12(5-2)6-3/h4,9,13H,1,5-8H2,2-3H3,(H,11,14)/t9-/m1/s1. The maximum Gasteiger partial charge on any atom is 0.243 e. The fourth-order valence-electron chi connectivity index (χ4n) is 1.13.